The maximum absolute atomic E-state index is 13.0. The Labute approximate surface area is 183 Å². The zero-order chi connectivity index (χ0) is 22.1. The SMILES string of the molecule is CCN(CC)CCNC(=O)c1c(C)[nH]c2c1CCC=C2c1c(O)[nH]c2ccc(C)cc12. The average Bonchev–Trinajstić information content (AvgIpc) is 3.26. The molecule has 31 heavy (non-hydrogen) atoms. The third-order valence-electron chi connectivity index (χ3n) is 6.34. The number of rotatable bonds is 7. The van der Waals surface area contributed by atoms with Crippen molar-refractivity contribution >= 4 is 22.4 Å². The summed E-state index contributed by atoms with van der Waals surface area (Å²) < 4.78 is 0. The number of aromatic hydroxyl groups is 1. The summed E-state index contributed by atoms with van der Waals surface area (Å²) in [6, 6.07) is 6.11. The highest BCUT2D eigenvalue weighted by molar-refractivity contribution is 6.03. The van der Waals surface area contributed by atoms with E-state index in [2.05, 4.69) is 46.2 Å². The molecule has 0 aliphatic heterocycles. The molecule has 164 valence electrons. The van der Waals surface area contributed by atoms with Crippen LogP contribution in [0.4, 0.5) is 0 Å². The lowest BCUT2D eigenvalue weighted by Crippen LogP contribution is -2.35. The van der Waals surface area contributed by atoms with Gasteiger partial charge in [-0.1, -0.05) is 31.6 Å². The molecule has 1 amide bonds. The van der Waals surface area contributed by atoms with Crippen molar-refractivity contribution in [3.8, 4) is 5.88 Å². The topological polar surface area (TPSA) is 84.2 Å². The van der Waals surface area contributed by atoms with Crippen LogP contribution in [0.5, 0.6) is 5.88 Å². The maximum atomic E-state index is 13.0. The fourth-order valence-electron chi connectivity index (χ4n) is 4.67. The molecular weight excluding hydrogens is 388 g/mol. The second kappa shape index (κ2) is 8.63. The number of carbonyl (C=O) groups excluding carboxylic acids is 1. The first-order chi connectivity index (χ1) is 14.9. The van der Waals surface area contributed by atoms with E-state index in [4.69, 9.17) is 0 Å². The molecule has 3 aromatic rings. The summed E-state index contributed by atoms with van der Waals surface area (Å²) >= 11 is 0. The Morgan fingerprint density at radius 3 is 2.71 bits per heavy atom. The van der Waals surface area contributed by atoms with Crippen molar-refractivity contribution in [2.75, 3.05) is 26.2 Å². The number of fused-ring (bicyclic) bond motifs is 2. The monoisotopic (exact) mass is 420 g/mol. The minimum atomic E-state index is -0.0256. The van der Waals surface area contributed by atoms with Gasteiger partial charge in [-0.2, -0.15) is 0 Å². The summed E-state index contributed by atoms with van der Waals surface area (Å²) in [6.45, 7) is 11.7. The fourth-order valence-corrected chi connectivity index (χ4v) is 4.67. The Morgan fingerprint density at radius 2 is 1.97 bits per heavy atom. The van der Waals surface area contributed by atoms with Gasteiger partial charge < -0.3 is 25.3 Å². The zero-order valence-corrected chi connectivity index (χ0v) is 18.9. The minimum absolute atomic E-state index is 0.0256. The summed E-state index contributed by atoms with van der Waals surface area (Å²) in [5.41, 5.74) is 7.40. The first-order valence-electron chi connectivity index (χ1n) is 11.2. The van der Waals surface area contributed by atoms with Crippen LogP contribution in [0, 0.1) is 13.8 Å². The Morgan fingerprint density at radius 1 is 1.19 bits per heavy atom. The summed E-state index contributed by atoms with van der Waals surface area (Å²) in [4.78, 5) is 21.9. The van der Waals surface area contributed by atoms with Gasteiger partial charge in [-0.05, 0) is 57.5 Å². The standard InChI is InChI=1S/C25H32N4O2/c1-5-29(6-2)13-12-26-24(30)21-16(4)27-23-17(21)8-7-9-18(23)22-19-14-15(3)10-11-20(19)28-25(22)31/h9-11,14,27-28,31H,5-8,12-13H2,1-4H3,(H,26,30). The number of carbonyl (C=O) groups is 1. The number of nitrogens with one attached hydrogen (secondary N) is 3. The van der Waals surface area contributed by atoms with Gasteiger partial charge in [0.15, 0.2) is 5.88 Å². The summed E-state index contributed by atoms with van der Waals surface area (Å²) in [6.07, 6.45) is 3.80. The molecule has 0 fully saturated rings. The van der Waals surface area contributed by atoms with Crippen molar-refractivity contribution in [3.05, 3.63) is 57.9 Å². The summed E-state index contributed by atoms with van der Waals surface area (Å²) in [5.74, 6) is 0.138. The van der Waals surface area contributed by atoms with Crippen LogP contribution in [-0.2, 0) is 6.42 Å². The molecule has 6 heteroatoms. The molecule has 0 saturated carbocycles. The lowest BCUT2D eigenvalue weighted by molar-refractivity contribution is 0.0947. The van der Waals surface area contributed by atoms with E-state index in [1.165, 1.54) is 0 Å². The van der Waals surface area contributed by atoms with E-state index in [9.17, 15) is 9.90 Å². The zero-order valence-electron chi connectivity index (χ0n) is 18.9. The van der Waals surface area contributed by atoms with Crippen molar-refractivity contribution in [3.63, 3.8) is 0 Å². The second-order valence-corrected chi connectivity index (χ2v) is 8.32. The van der Waals surface area contributed by atoms with E-state index in [1.54, 1.807) is 0 Å². The Balaban J connectivity index is 1.67. The van der Waals surface area contributed by atoms with Gasteiger partial charge in [0.05, 0.1) is 16.8 Å². The molecule has 6 nitrogen and oxygen atoms in total. The lowest BCUT2D eigenvalue weighted by atomic mass is 9.89. The first kappa shape index (κ1) is 21.2. The third-order valence-corrected chi connectivity index (χ3v) is 6.34. The molecule has 1 aliphatic carbocycles. The Hall–Kier alpha value is -2.99. The van der Waals surface area contributed by atoms with Gasteiger partial charge in [0.1, 0.15) is 0 Å². The molecular formula is C25H32N4O2. The van der Waals surface area contributed by atoms with Gasteiger partial charge in [-0.15, -0.1) is 0 Å². The van der Waals surface area contributed by atoms with Crippen LogP contribution in [0.3, 0.4) is 0 Å². The number of hydrogen-bond acceptors (Lipinski definition) is 3. The normalized spacial score (nSPS) is 13.5. The van der Waals surface area contributed by atoms with E-state index in [-0.39, 0.29) is 11.8 Å². The van der Waals surface area contributed by atoms with Crippen LogP contribution in [0.25, 0.3) is 16.5 Å². The number of aryl methyl sites for hydroxylation is 2. The fraction of sp³-hybridized carbons (Fsp3) is 0.400. The highest BCUT2D eigenvalue weighted by Gasteiger charge is 2.28. The number of aromatic amines is 2. The molecule has 1 aliphatic rings. The van der Waals surface area contributed by atoms with Gasteiger partial charge in [-0.3, -0.25) is 4.79 Å². The largest absolute Gasteiger partial charge is 0.494 e. The van der Waals surface area contributed by atoms with E-state index in [1.807, 2.05) is 26.0 Å². The van der Waals surface area contributed by atoms with Crippen LogP contribution in [0.2, 0.25) is 0 Å². The number of nitrogens with zero attached hydrogens (tertiary/aromatic N) is 1. The molecule has 0 bridgehead atoms. The molecule has 0 saturated heterocycles. The van der Waals surface area contributed by atoms with Crippen molar-refractivity contribution in [2.45, 2.75) is 40.5 Å². The number of benzene rings is 1. The second-order valence-electron chi connectivity index (χ2n) is 8.32. The number of aromatic nitrogens is 2. The lowest BCUT2D eigenvalue weighted by Gasteiger charge is -2.18. The van der Waals surface area contributed by atoms with E-state index >= 15 is 0 Å². The van der Waals surface area contributed by atoms with Gasteiger partial charge in [0, 0.05) is 35.3 Å². The molecule has 1 aromatic carbocycles. The molecule has 2 heterocycles. The van der Waals surface area contributed by atoms with Gasteiger partial charge in [0.2, 0.25) is 0 Å². The molecule has 0 atom stereocenters. The number of likely N-dealkylation sites (N-methyl/N-ethyl adjacent to an activating group) is 1. The number of H-pyrrole nitrogens is 2. The predicted molar refractivity (Wildman–Crippen MR) is 126 cm³/mol. The highest BCUT2D eigenvalue weighted by Crippen LogP contribution is 2.41. The molecule has 4 rings (SSSR count). The van der Waals surface area contributed by atoms with Crippen molar-refractivity contribution < 1.29 is 9.90 Å². The summed E-state index contributed by atoms with van der Waals surface area (Å²) in [7, 11) is 0. The van der Waals surface area contributed by atoms with Crippen molar-refractivity contribution in [2.24, 2.45) is 0 Å². The average molecular weight is 421 g/mol. The van der Waals surface area contributed by atoms with Crippen LogP contribution < -0.4 is 5.32 Å². The van der Waals surface area contributed by atoms with E-state index in [0.717, 1.165) is 82.6 Å². The molecule has 0 spiro atoms. The molecule has 0 unspecified atom stereocenters. The van der Waals surface area contributed by atoms with Crippen LogP contribution in [0.1, 0.15) is 58.7 Å². The van der Waals surface area contributed by atoms with E-state index in [0.29, 0.717) is 6.54 Å². The van der Waals surface area contributed by atoms with Crippen molar-refractivity contribution in [1.29, 1.82) is 0 Å². The highest BCUT2D eigenvalue weighted by atomic mass is 16.3. The predicted octanol–water partition coefficient (Wildman–Crippen LogP) is 4.27. The molecule has 2 aromatic heterocycles. The molecule has 4 N–H and O–H groups in total. The first-order valence-corrected chi connectivity index (χ1v) is 11.2. The van der Waals surface area contributed by atoms with Gasteiger partial charge in [-0.25, -0.2) is 0 Å². The summed E-state index contributed by atoms with van der Waals surface area (Å²) in [5, 5.41) is 14.8. The smallest absolute Gasteiger partial charge is 0.253 e. The van der Waals surface area contributed by atoms with Crippen LogP contribution in [-0.4, -0.2) is 52.1 Å². The Kier molecular flexibility index (Phi) is 5.92. The number of allylic oxidation sites excluding steroid dienone is 1. The maximum Gasteiger partial charge on any atom is 0.253 e. The number of amides is 1. The van der Waals surface area contributed by atoms with Crippen molar-refractivity contribution in [1.82, 2.24) is 20.2 Å². The van der Waals surface area contributed by atoms with Crippen LogP contribution >= 0.6 is 0 Å². The van der Waals surface area contributed by atoms with E-state index < -0.39 is 0 Å². The molecule has 0 radical (unpaired) electrons. The Bertz CT molecular complexity index is 1150. The van der Waals surface area contributed by atoms with Gasteiger partial charge in [0.25, 0.3) is 5.91 Å². The third kappa shape index (κ3) is 3.88. The van der Waals surface area contributed by atoms with Gasteiger partial charge >= 0.3 is 0 Å². The minimum Gasteiger partial charge on any atom is -0.494 e. The quantitative estimate of drug-likeness (QED) is 0.461. The number of hydrogen-bond donors (Lipinski definition) is 4. The van der Waals surface area contributed by atoms with Crippen LogP contribution in [0.15, 0.2) is 24.3 Å².